The Morgan fingerprint density at radius 1 is 1.26 bits per heavy atom. The lowest BCUT2D eigenvalue weighted by Gasteiger charge is -2.19. The predicted octanol–water partition coefficient (Wildman–Crippen LogP) is 3.24. The van der Waals surface area contributed by atoms with E-state index in [-0.39, 0.29) is 6.09 Å². The van der Waals surface area contributed by atoms with Gasteiger partial charge in [0.1, 0.15) is 17.7 Å². The zero-order valence-electron chi connectivity index (χ0n) is 14.1. The Balaban J connectivity index is 1.66. The molecule has 2 rings (SSSR count). The molecule has 0 bridgehead atoms. The first-order chi connectivity index (χ1) is 10.9. The van der Waals surface area contributed by atoms with E-state index in [1.807, 2.05) is 26.8 Å². The Morgan fingerprint density at radius 2 is 2.00 bits per heavy atom. The SMILES string of the molecule is CC(C)(C)OC(=O)NCCCNc1cc(C2CC=CC2)ncn1. The second-order valence-corrected chi connectivity index (χ2v) is 6.68. The zero-order valence-corrected chi connectivity index (χ0v) is 14.1. The summed E-state index contributed by atoms with van der Waals surface area (Å²) in [6, 6.07) is 2.01. The predicted molar refractivity (Wildman–Crippen MR) is 90.5 cm³/mol. The van der Waals surface area contributed by atoms with E-state index in [9.17, 15) is 4.79 Å². The van der Waals surface area contributed by atoms with Crippen LogP contribution in [0.15, 0.2) is 24.5 Å². The molecule has 1 aromatic rings. The summed E-state index contributed by atoms with van der Waals surface area (Å²) < 4.78 is 5.18. The summed E-state index contributed by atoms with van der Waals surface area (Å²) in [4.78, 5) is 20.1. The van der Waals surface area contributed by atoms with Gasteiger partial charge in [0.25, 0.3) is 0 Å². The molecule has 0 radical (unpaired) electrons. The van der Waals surface area contributed by atoms with Crippen LogP contribution in [0.25, 0.3) is 0 Å². The van der Waals surface area contributed by atoms with E-state index in [0.29, 0.717) is 12.5 Å². The first kappa shape index (κ1) is 17.2. The van der Waals surface area contributed by atoms with E-state index in [0.717, 1.165) is 37.3 Å². The second kappa shape index (κ2) is 7.94. The molecule has 0 unspecified atom stereocenters. The molecule has 0 spiro atoms. The van der Waals surface area contributed by atoms with Crippen LogP contribution in [0.2, 0.25) is 0 Å². The van der Waals surface area contributed by atoms with E-state index < -0.39 is 5.60 Å². The van der Waals surface area contributed by atoms with E-state index in [2.05, 4.69) is 32.8 Å². The van der Waals surface area contributed by atoms with Crippen LogP contribution in [-0.4, -0.2) is 34.8 Å². The number of allylic oxidation sites excluding steroid dienone is 2. The number of nitrogens with zero attached hydrogens (tertiary/aromatic N) is 2. The van der Waals surface area contributed by atoms with E-state index in [4.69, 9.17) is 4.74 Å². The molecule has 0 aromatic carbocycles. The zero-order chi connectivity index (χ0) is 16.7. The average Bonchev–Trinajstić information content (AvgIpc) is 2.99. The van der Waals surface area contributed by atoms with Crippen molar-refractivity contribution in [3.8, 4) is 0 Å². The van der Waals surface area contributed by atoms with Gasteiger partial charge in [-0.2, -0.15) is 0 Å². The molecular weight excluding hydrogens is 292 g/mol. The summed E-state index contributed by atoms with van der Waals surface area (Å²) in [6.07, 6.45) is 8.52. The molecule has 6 nitrogen and oxygen atoms in total. The largest absolute Gasteiger partial charge is 0.444 e. The molecule has 2 N–H and O–H groups in total. The molecule has 1 amide bonds. The van der Waals surface area contributed by atoms with Gasteiger partial charge in [0.05, 0.1) is 0 Å². The van der Waals surface area contributed by atoms with Gasteiger partial charge in [0.15, 0.2) is 0 Å². The maximum Gasteiger partial charge on any atom is 0.407 e. The molecule has 126 valence electrons. The van der Waals surface area contributed by atoms with E-state index in [1.165, 1.54) is 0 Å². The van der Waals surface area contributed by atoms with E-state index in [1.54, 1.807) is 6.33 Å². The van der Waals surface area contributed by atoms with Crippen LogP contribution in [0.3, 0.4) is 0 Å². The summed E-state index contributed by atoms with van der Waals surface area (Å²) >= 11 is 0. The number of hydrogen-bond acceptors (Lipinski definition) is 5. The van der Waals surface area contributed by atoms with Crippen molar-refractivity contribution in [2.24, 2.45) is 0 Å². The molecule has 1 aliphatic carbocycles. The van der Waals surface area contributed by atoms with Crippen molar-refractivity contribution in [3.05, 3.63) is 30.2 Å². The van der Waals surface area contributed by atoms with Gasteiger partial charge in [-0.1, -0.05) is 12.2 Å². The quantitative estimate of drug-likeness (QED) is 0.622. The molecule has 0 saturated carbocycles. The van der Waals surface area contributed by atoms with Crippen molar-refractivity contribution < 1.29 is 9.53 Å². The van der Waals surface area contributed by atoms with Crippen LogP contribution in [0, 0.1) is 0 Å². The second-order valence-electron chi connectivity index (χ2n) is 6.68. The van der Waals surface area contributed by atoms with Gasteiger partial charge in [-0.25, -0.2) is 14.8 Å². The average molecular weight is 318 g/mol. The number of ether oxygens (including phenoxy) is 1. The van der Waals surface area contributed by atoms with E-state index >= 15 is 0 Å². The Bertz CT molecular complexity index is 544. The number of rotatable bonds is 6. The Morgan fingerprint density at radius 3 is 2.70 bits per heavy atom. The van der Waals surface area contributed by atoms with Gasteiger partial charge in [-0.3, -0.25) is 0 Å². The highest BCUT2D eigenvalue weighted by Gasteiger charge is 2.16. The number of carbonyl (C=O) groups is 1. The number of carbonyl (C=O) groups excluding carboxylic acids is 1. The van der Waals surface area contributed by atoms with Gasteiger partial charge in [-0.15, -0.1) is 0 Å². The normalized spacial score (nSPS) is 14.7. The summed E-state index contributed by atoms with van der Waals surface area (Å²) in [7, 11) is 0. The minimum Gasteiger partial charge on any atom is -0.444 e. The molecule has 1 aliphatic rings. The molecule has 6 heteroatoms. The minimum atomic E-state index is -0.464. The van der Waals surface area contributed by atoms with Gasteiger partial charge in [0, 0.05) is 30.8 Å². The smallest absolute Gasteiger partial charge is 0.407 e. The van der Waals surface area contributed by atoms with Gasteiger partial charge < -0.3 is 15.4 Å². The number of amides is 1. The highest BCUT2D eigenvalue weighted by atomic mass is 16.6. The van der Waals surface area contributed by atoms with Crippen LogP contribution >= 0.6 is 0 Å². The van der Waals surface area contributed by atoms with Crippen LogP contribution < -0.4 is 10.6 Å². The van der Waals surface area contributed by atoms with Crippen molar-refractivity contribution >= 4 is 11.9 Å². The number of aromatic nitrogens is 2. The van der Waals surface area contributed by atoms with Gasteiger partial charge in [0.2, 0.25) is 0 Å². The highest BCUT2D eigenvalue weighted by molar-refractivity contribution is 5.67. The lowest BCUT2D eigenvalue weighted by Crippen LogP contribution is -2.33. The number of hydrogen-bond donors (Lipinski definition) is 2. The monoisotopic (exact) mass is 318 g/mol. The van der Waals surface area contributed by atoms with Crippen LogP contribution in [0.5, 0.6) is 0 Å². The first-order valence-corrected chi connectivity index (χ1v) is 8.12. The van der Waals surface area contributed by atoms with Crippen LogP contribution in [0.1, 0.15) is 51.6 Å². The fourth-order valence-electron chi connectivity index (χ4n) is 2.36. The van der Waals surface area contributed by atoms with Crippen LogP contribution in [-0.2, 0) is 4.74 Å². The summed E-state index contributed by atoms with van der Waals surface area (Å²) in [5.74, 6) is 1.31. The molecule has 0 saturated heterocycles. The number of anilines is 1. The molecule has 0 fully saturated rings. The maximum absolute atomic E-state index is 11.5. The van der Waals surface area contributed by atoms with Crippen molar-refractivity contribution in [2.45, 2.75) is 51.6 Å². The molecule has 1 aromatic heterocycles. The summed E-state index contributed by atoms with van der Waals surface area (Å²) in [6.45, 7) is 6.84. The third kappa shape index (κ3) is 6.26. The Labute approximate surface area is 137 Å². The van der Waals surface area contributed by atoms with Crippen molar-refractivity contribution in [1.29, 1.82) is 0 Å². The third-order valence-electron chi connectivity index (χ3n) is 3.44. The summed E-state index contributed by atoms with van der Waals surface area (Å²) in [5, 5.41) is 6.01. The summed E-state index contributed by atoms with van der Waals surface area (Å²) in [5.41, 5.74) is 0.619. The fourth-order valence-corrected chi connectivity index (χ4v) is 2.36. The Kier molecular flexibility index (Phi) is 5.96. The first-order valence-electron chi connectivity index (χ1n) is 8.12. The van der Waals surface area contributed by atoms with Gasteiger partial charge in [-0.05, 0) is 40.0 Å². The van der Waals surface area contributed by atoms with Crippen molar-refractivity contribution in [3.63, 3.8) is 0 Å². The highest BCUT2D eigenvalue weighted by Crippen LogP contribution is 2.28. The lowest BCUT2D eigenvalue weighted by molar-refractivity contribution is 0.0528. The fraction of sp³-hybridized carbons (Fsp3) is 0.588. The molecule has 0 aliphatic heterocycles. The standard InChI is InChI=1S/C17H26N4O2/c1-17(2,3)23-16(22)19-10-6-9-18-15-11-14(20-12-21-15)13-7-4-5-8-13/h4-5,11-13H,6-10H2,1-3H3,(H,19,22)(H,18,20,21). The van der Waals surface area contributed by atoms with Crippen molar-refractivity contribution in [1.82, 2.24) is 15.3 Å². The van der Waals surface area contributed by atoms with Crippen molar-refractivity contribution in [2.75, 3.05) is 18.4 Å². The number of alkyl carbamates (subject to hydrolysis) is 1. The Hall–Kier alpha value is -2.11. The minimum absolute atomic E-state index is 0.379. The molecule has 0 atom stereocenters. The number of nitrogens with one attached hydrogen (secondary N) is 2. The third-order valence-corrected chi connectivity index (χ3v) is 3.44. The molecule has 23 heavy (non-hydrogen) atoms. The topological polar surface area (TPSA) is 76.1 Å². The lowest BCUT2D eigenvalue weighted by atomic mass is 10.0. The van der Waals surface area contributed by atoms with Crippen LogP contribution in [0.4, 0.5) is 10.6 Å². The maximum atomic E-state index is 11.5. The molecule has 1 heterocycles. The molecular formula is C17H26N4O2. The van der Waals surface area contributed by atoms with Gasteiger partial charge >= 0.3 is 6.09 Å².